The molecule has 1 aliphatic heterocycles. The van der Waals surface area contributed by atoms with Crippen LogP contribution in [-0.2, 0) is 11.2 Å². The minimum atomic E-state index is 0.0238. The minimum absolute atomic E-state index is 0.0238. The Kier molecular flexibility index (Phi) is 6.55. The SMILES string of the molecule is CSc1cccc(NC(C)Cc2cc(N3CCC(NC(C)=O)C3)ncn2)c1. The Labute approximate surface area is 165 Å². The molecular formula is C20H27N5OS. The smallest absolute Gasteiger partial charge is 0.217 e. The monoisotopic (exact) mass is 385 g/mol. The number of aromatic nitrogens is 2. The first-order valence-corrected chi connectivity index (χ1v) is 10.5. The molecule has 2 N–H and O–H groups in total. The molecule has 6 nitrogen and oxygen atoms in total. The number of thioether (sulfide) groups is 1. The van der Waals surface area contributed by atoms with Crippen LogP contribution in [0.3, 0.4) is 0 Å². The van der Waals surface area contributed by atoms with Gasteiger partial charge in [-0.1, -0.05) is 6.07 Å². The maximum Gasteiger partial charge on any atom is 0.217 e. The highest BCUT2D eigenvalue weighted by atomic mass is 32.2. The topological polar surface area (TPSA) is 70.2 Å². The predicted molar refractivity (Wildman–Crippen MR) is 111 cm³/mol. The van der Waals surface area contributed by atoms with Gasteiger partial charge in [-0.3, -0.25) is 4.79 Å². The number of hydrogen-bond acceptors (Lipinski definition) is 6. The van der Waals surface area contributed by atoms with Gasteiger partial charge in [-0.05, 0) is 37.8 Å². The van der Waals surface area contributed by atoms with Crippen LogP contribution in [0, 0.1) is 0 Å². The Balaban J connectivity index is 1.59. The lowest BCUT2D eigenvalue weighted by Crippen LogP contribution is -2.35. The number of nitrogens with one attached hydrogen (secondary N) is 2. The second-order valence-electron chi connectivity index (χ2n) is 6.98. The Morgan fingerprint density at radius 3 is 3.00 bits per heavy atom. The lowest BCUT2D eigenvalue weighted by molar-refractivity contribution is -0.119. The minimum Gasteiger partial charge on any atom is -0.382 e. The Hall–Kier alpha value is -2.28. The molecule has 7 heteroatoms. The number of rotatable bonds is 7. The van der Waals surface area contributed by atoms with Crippen LogP contribution in [-0.4, -0.2) is 47.3 Å². The van der Waals surface area contributed by atoms with Crippen LogP contribution in [0.2, 0.25) is 0 Å². The van der Waals surface area contributed by atoms with E-state index in [9.17, 15) is 4.79 Å². The van der Waals surface area contributed by atoms with Crippen molar-refractivity contribution in [2.45, 2.75) is 43.7 Å². The third-order valence-electron chi connectivity index (χ3n) is 4.63. The van der Waals surface area contributed by atoms with E-state index >= 15 is 0 Å². The van der Waals surface area contributed by atoms with E-state index in [2.05, 4.69) is 69.0 Å². The lowest BCUT2D eigenvalue weighted by atomic mass is 10.1. The first-order valence-electron chi connectivity index (χ1n) is 9.27. The third kappa shape index (κ3) is 5.60. The average molecular weight is 386 g/mol. The summed E-state index contributed by atoms with van der Waals surface area (Å²) in [7, 11) is 0. The standard InChI is InChI=1S/C20H27N5OS/c1-14(23-16-5-4-6-19(10-16)27-3)9-18-11-20(22-13-21-18)25-8-7-17(12-25)24-15(2)26/h4-6,10-11,13-14,17,23H,7-9,12H2,1-3H3,(H,24,26). The van der Waals surface area contributed by atoms with Gasteiger partial charge in [0.1, 0.15) is 12.1 Å². The van der Waals surface area contributed by atoms with Gasteiger partial charge in [-0.25, -0.2) is 9.97 Å². The molecule has 3 rings (SSSR count). The Morgan fingerprint density at radius 2 is 2.22 bits per heavy atom. The van der Waals surface area contributed by atoms with Crippen LogP contribution >= 0.6 is 11.8 Å². The van der Waals surface area contributed by atoms with Gasteiger partial charge < -0.3 is 15.5 Å². The van der Waals surface area contributed by atoms with Crippen molar-refractivity contribution in [3.05, 3.63) is 42.4 Å². The number of hydrogen-bond donors (Lipinski definition) is 2. The van der Waals surface area contributed by atoms with Crippen molar-refractivity contribution in [2.24, 2.45) is 0 Å². The number of anilines is 2. The summed E-state index contributed by atoms with van der Waals surface area (Å²) in [5.74, 6) is 0.958. The van der Waals surface area contributed by atoms with Crippen LogP contribution in [0.25, 0.3) is 0 Å². The summed E-state index contributed by atoms with van der Waals surface area (Å²) in [6, 6.07) is 11.0. The van der Waals surface area contributed by atoms with E-state index in [1.165, 1.54) is 4.90 Å². The van der Waals surface area contributed by atoms with Crippen molar-refractivity contribution >= 4 is 29.2 Å². The van der Waals surface area contributed by atoms with Crippen LogP contribution in [0.5, 0.6) is 0 Å². The van der Waals surface area contributed by atoms with E-state index in [0.717, 1.165) is 43.1 Å². The zero-order valence-corrected chi connectivity index (χ0v) is 16.9. The molecule has 0 radical (unpaired) electrons. The molecule has 27 heavy (non-hydrogen) atoms. The van der Waals surface area contributed by atoms with Crippen molar-refractivity contribution < 1.29 is 4.79 Å². The molecule has 2 aromatic rings. The fourth-order valence-corrected chi connectivity index (χ4v) is 3.87. The molecular weight excluding hydrogens is 358 g/mol. The fraction of sp³-hybridized carbons (Fsp3) is 0.450. The zero-order chi connectivity index (χ0) is 19.2. The lowest BCUT2D eigenvalue weighted by Gasteiger charge is -2.19. The highest BCUT2D eigenvalue weighted by Crippen LogP contribution is 2.21. The summed E-state index contributed by atoms with van der Waals surface area (Å²) < 4.78 is 0. The van der Waals surface area contributed by atoms with Crippen LogP contribution in [0.1, 0.15) is 26.0 Å². The molecule has 1 aromatic carbocycles. The van der Waals surface area contributed by atoms with E-state index in [0.29, 0.717) is 0 Å². The molecule has 1 saturated heterocycles. The first-order chi connectivity index (χ1) is 13.0. The van der Waals surface area contributed by atoms with Crippen LogP contribution in [0.4, 0.5) is 11.5 Å². The van der Waals surface area contributed by atoms with Gasteiger partial charge in [0.15, 0.2) is 0 Å². The average Bonchev–Trinajstić information content (AvgIpc) is 3.10. The number of carbonyl (C=O) groups excluding carboxylic acids is 1. The first kappa shape index (κ1) is 19.5. The molecule has 2 heterocycles. The summed E-state index contributed by atoms with van der Waals surface area (Å²) in [4.78, 5) is 23.6. The summed E-state index contributed by atoms with van der Waals surface area (Å²) in [6.07, 6.45) is 5.49. The van der Waals surface area contributed by atoms with Crippen molar-refractivity contribution in [1.82, 2.24) is 15.3 Å². The third-order valence-corrected chi connectivity index (χ3v) is 5.35. The summed E-state index contributed by atoms with van der Waals surface area (Å²) in [5, 5.41) is 6.54. The molecule has 1 fully saturated rings. The predicted octanol–water partition coefficient (Wildman–Crippen LogP) is 2.96. The highest BCUT2D eigenvalue weighted by molar-refractivity contribution is 7.98. The van der Waals surface area contributed by atoms with Crippen molar-refractivity contribution in [3.8, 4) is 0 Å². The maximum absolute atomic E-state index is 11.2. The van der Waals surface area contributed by atoms with Gasteiger partial charge in [-0.2, -0.15) is 0 Å². The quantitative estimate of drug-likeness (QED) is 0.714. The zero-order valence-electron chi connectivity index (χ0n) is 16.1. The van der Waals surface area contributed by atoms with E-state index in [1.807, 2.05) is 0 Å². The van der Waals surface area contributed by atoms with Crippen molar-refractivity contribution in [3.63, 3.8) is 0 Å². The van der Waals surface area contributed by atoms with E-state index < -0.39 is 0 Å². The summed E-state index contributed by atoms with van der Waals surface area (Å²) in [5.41, 5.74) is 2.14. The van der Waals surface area contributed by atoms with Crippen LogP contribution < -0.4 is 15.5 Å². The molecule has 144 valence electrons. The molecule has 1 aromatic heterocycles. The summed E-state index contributed by atoms with van der Waals surface area (Å²) >= 11 is 1.74. The molecule has 0 spiro atoms. The number of benzene rings is 1. The molecule has 2 unspecified atom stereocenters. The number of nitrogens with zero attached hydrogens (tertiary/aromatic N) is 3. The molecule has 0 aliphatic carbocycles. The van der Waals surface area contributed by atoms with E-state index in [4.69, 9.17) is 0 Å². The second-order valence-corrected chi connectivity index (χ2v) is 7.86. The normalized spacial score (nSPS) is 17.6. The molecule has 0 saturated carbocycles. The maximum atomic E-state index is 11.2. The van der Waals surface area contributed by atoms with Gasteiger partial charge in [0, 0.05) is 60.9 Å². The van der Waals surface area contributed by atoms with E-state index in [1.54, 1.807) is 25.0 Å². The van der Waals surface area contributed by atoms with Crippen molar-refractivity contribution in [1.29, 1.82) is 0 Å². The number of amides is 1. The van der Waals surface area contributed by atoms with Gasteiger partial charge in [0.25, 0.3) is 0 Å². The van der Waals surface area contributed by atoms with Gasteiger partial charge in [-0.15, -0.1) is 11.8 Å². The second kappa shape index (κ2) is 9.08. The van der Waals surface area contributed by atoms with Gasteiger partial charge >= 0.3 is 0 Å². The van der Waals surface area contributed by atoms with Crippen molar-refractivity contribution in [2.75, 3.05) is 29.6 Å². The Morgan fingerprint density at radius 1 is 1.37 bits per heavy atom. The van der Waals surface area contributed by atoms with E-state index in [-0.39, 0.29) is 18.0 Å². The Bertz CT molecular complexity index is 784. The van der Waals surface area contributed by atoms with Gasteiger partial charge in [0.2, 0.25) is 5.91 Å². The van der Waals surface area contributed by atoms with Crippen LogP contribution in [0.15, 0.2) is 41.6 Å². The fourth-order valence-electron chi connectivity index (χ4n) is 3.41. The largest absolute Gasteiger partial charge is 0.382 e. The highest BCUT2D eigenvalue weighted by Gasteiger charge is 2.24. The van der Waals surface area contributed by atoms with Gasteiger partial charge in [0.05, 0.1) is 0 Å². The molecule has 0 bridgehead atoms. The molecule has 1 aliphatic rings. The molecule has 2 atom stereocenters. The number of carbonyl (C=O) groups is 1. The molecule has 1 amide bonds. The summed E-state index contributed by atoms with van der Waals surface area (Å²) in [6.45, 7) is 5.42.